The number of hydrogen-bond acceptors (Lipinski definition) is 3. The van der Waals surface area contributed by atoms with Crippen LogP contribution in [0.4, 0.5) is 5.00 Å². The number of likely N-dealkylation sites (N-methyl/N-ethyl adjacent to an activating group) is 1. The van der Waals surface area contributed by atoms with E-state index in [2.05, 4.69) is 19.9 Å². The first kappa shape index (κ1) is 10.5. The summed E-state index contributed by atoms with van der Waals surface area (Å²) in [4.78, 5) is 14.4. The van der Waals surface area contributed by atoms with Crippen molar-refractivity contribution in [3.05, 3.63) is 10.9 Å². The van der Waals surface area contributed by atoms with Crippen LogP contribution < -0.4 is 9.64 Å². The predicted molar refractivity (Wildman–Crippen MR) is 61.8 cm³/mol. The first-order chi connectivity index (χ1) is 7.08. The Labute approximate surface area is 93.7 Å². The zero-order chi connectivity index (χ0) is 11.0. The molecule has 0 fully saturated rings. The molecule has 1 aromatic rings. The van der Waals surface area contributed by atoms with E-state index in [9.17, 15) is 4.79 Å². The van der Waals surface area contributed by atoms with Gasteiger partial charge in [-0.1, -0.05) is 13.8 Å². The van der Waals surface area contributed by atoms with Gasteiger partial charge in [-0.2, -0.15) is 0 Å². The van der Waals surface area contributed by atoms with E-state index in [0.717, 1.165) is 17.2 Å². The van der Waals surface area contributed by atoms with E-state index < -0.39 is 0 Å². The summed E-state index contributed by atoms with van der Waals surface area (Å²) in [7, 11) is 1.80. The first-order valence-electron chi connectivity index (χ1n) is 5.10. The van der Waals surface area contributed by atoms with Gasteiger partial charge in [0, 0.05) is 11.9 Å². The van der Waals surface area contributed by atoms with Crippen molar-refractivity contribution in [1.82, 2.24) is 0 Å². The van der Waals surface area contributed by atoms with Crippen LogP contribution in [0.3, 0.4) is 0 Å². The Hall–Kier alpha value is -1.03. The number of ether oxygens (including phenoxy) is 1. The fraction of sp³-hybridized carbons (Fsp3) is 0.545. The smallest absolute Gasteiger partial charge is 0.265 e. The highest BCUT2D eigenvalue weighted by atomic mass is 32.1. The van der Waals surface area contributed by atoms with Gasteiger partial charge in [-0.05, 0) is 18.4 Å². The number of rotatable bonds is 2. The molecule has 0 atom stereocenters. The number of hydrogen-bond donors (Lipinski definition) is 0. The minimum absolute atomic E-state index is 0.0282. The van der Waals surface area contributed by atoms with Crippen LogP contribution in [0.15, 0.2) is 6.07 Å². The molecule has 0 bridgehead atoms. The third-order valence-electron chi connectivity index (χ3n) is 2.37. The Morgan fingerprint density at radius 2 is 2.33 bits per heavy atom. The Balaban J connectivity index is 2.27. The molecule has 0 saturated carbocycles. The molecule has 0 unspecified atom stereocenters. The van der Waals surface area contributed by atoms with Crippen molar-refractivity contribution in [3.63, 3.8) is 0 Å². The van der Waals surface area contributed by atoms with Crippen molar-refractivity contribution >= 4 is 22.2 Å². The molecule has 82 valence electrons. The Kier molecular flexibility index (Phi) is 2.69. The number of amides is 1. The molecule has 1 aromatic heterocycles. The summed E-state index contributed by atoms with van der Waals surface area (Å²) in [5.41, 5.74) is 0. The number of carbonyl (C=O) groups is 1. The highest BCUT2D eigenvalue weighted by Gasteiger charge is 2.25. The second kappa shape index (κ2) is 3.85. The molecule has 15 heavy (non-hydrogen) atoms. The second-order valence-corrected chi connectivity index (χ2v) is 5.34. The summed E-state index contributed by atoms with van der Waals surface area (Å²) in [6, 6.07) is 2.06. The summed E-state index contributed by atoms with van der Waals surface area (Å²) in [5, 5.41) is 0.946. The second-order valence-electron chi connectivity index (χ2n) is 4.22. The molecule has 4 heteroatoms. The number of carbonyl (C=O) groups excluding carboxylic acids is 1. The van der Waals surface area contributed by atoms with Crippen LogP contribution in [-0.4, -0.2) is 19.6 Å². The molecular weight excluding hydrogens is 210 g/mol. The molecule has 0 saturated heterocycles. The van der Waals surface area contributed by atoms with Gasteiger partial charge in [0.05, 0.1) is 0 Å². The van der Waals surface area contributed by atoms with Crippen LogP contribution in [0.5, 0.6) is 5.75 Å². The molecule has 0 spiro atoms. The van der Waals surface area contributed by atoms with Crippen molar-refractivity contribution in [3.8, 4) is 5.75 Å². The maximum absolute atomic E-state index is 11.4. The summed E-state index contributed by atoms with van der Waals surface area (Å²) in [6.45, 7) is 4.55. The lowest BCUT2D eigenvalue weighted by Crippen LogP contribution is -2.34. The minimum Gasteiger partial charge on any atom is -0.481 e. The number of nitrogens with zero attached hydrogens (tertiary/aromatic N) is 1. The minimum atomic E-state index is 0.0282. The number of thiophene rings is 1. The fourth-order valence-corrected chi connectivity index (χ4v) is 2.89. The van der Waals surface area contributed by atoms with Crippen LogP contribution >= 0.6 is 11.3 Å². The van der Waals surface area contributed by atoms with Gasteiger partial charge in [0.1, 0.15) is 5.00 Å². The molecule has 2 rings (SSSR count). The quantitative estimate of drug-likeness (QED) is 0.773. The molecule has 0 aliphatic carbocycles. The maximum atomic E-state index is 11.4. The van der Waals surface area contributed by atoms with Crippen molar-refractivity contribution in [2.24, 2.45) is 5.92 Å². The lowest BCUT2D eigenvalue weighted by Gasteiger charge is -2.22. The van der Waals surface area contributed by atoms with Crippen molar-refractivity contribution in [1.29, 1.82) is 0 Å². The largest absolute Gasteiger partial charge is 0.481 e. The van der Waals surface area contributed by atoms with E-state index in [0.29, 0.717) is 5.92 Å². The van der Waals surface area contributed by atoms with E-state index in [-0.39, 0.29) is 12.5 Å². The number of anilines is 1. The lowest BCUT2D eigenvalue weighted by atomic mass is 10.1. The highest BCUT2D eigenvalue weighted by Crippen LogP contribution is 2.40. The van der Waals surface area contributed by atoms with Crippen LogP contribution in [0.1, 0.15) is 18.7 Å². The molecule has 1 amide bonds. The SMILES string of the molecule is CC(C)Cc1cc2c(s1)N(C)C(=O)CO2. The summed E-state index contributed by atoms with van der Waals surface area (Å²) in [5.74, 6) is 1.52. The van der Waals surface area contributed by atoms with Crippen molar-refractivity contribution in [2.45, 2.75) is 20.3 Å². The van der Waals surface area contributed by atoms with Gasteiger partial charge >= 0.3 is 0 Å². The van der Waals surface area contributed by atoms with E-state index in [1.54, 1.807) is 23.3 Å². The Morgan fingerprint density at radius 3 is 3.00 bits per heavy atom. The van der Waals surface area contributed by atoms with E-state index in [1.165, 1.54) is 4.88 Å². The highest BCUT2D eigenvalue weighted by molar-refractivity contribution is 7.16. The van der Waals surface area contributed by atoms with Crippen LogP contribution in [0.2, 0.25) is 0 Å². The van der Waals surface area contributed by atoms with Crippen LogP contribution in [0, 0.1) is 5.92 Å². The number of fused-ring (bicyclic) bond motifs is 1. The maximum Gasteiger partial charge on any atom is 0.265 e. The first-order valence-corrected chi connectivity index (χ1v) is 5.91. The van der Waals surface area contributed by atoms with E-state index in [1.807, 2.05) is 0 Å². The van der Waals surface area contributed by atoms with Crippen molar-refractivity contribution < 1.29 is 9.53 Å². The molecule has 0 aromatic carbocycles. The van der Waals surface area contributed by atoms with E-state index >= 15 is 0 Å². The normalized spacial score (nSPS) is 15.5. The average molecular weight is 225 g/mol. The van der Waals surface area contributed by atoms with Gasteiger partial charge < -0.3 is 9.64 Å². The molecule has 0 N–H and O–H groups in total. The van der Waals surface area contributed by atoms with Gasteiger partial charge in [-0.3, -0.25) is 4.79 Å². The zero-order valence-corrected chi connectivity index (χ0v) is 10.1. The van der Waals surface area contributed by atoms with Gasteiger partial charge in [0.25, 0.3) is 5.91 Å². The summed E-state index contributed by atoms with van der Waals surface area (Å²) < 4.78 is 5.39. The zero-order valence-electron chi connectivity index (χ0n) is 9.24. The van der Waals surface area contributed by atoms with Gasteiger partial charge in [0.2, 0.25) is 0 Å². The molecule has 1 aliphatic rings. The van der Waals surface area contributed by atoms with Gasteiger partial charge in [-0.15, -0.1) is 11.3 Å². The molecular formula is C11H15NO2S. The third kappa shape index (κ3) is 2.00. The molecule has 1 aliphatic heterocycles. The van der Waals surface area contributed by atoms with Crippen molar-refractivity contribution in [2.75, 3.05) is 18.6 Å². The standard InChI is InChI=1S/C11H15NO2S/c1-7(2)4-8-5-9-11(15-8)12(3)10(13)6-14-9/h5,7H,4,6H2,1-3H3. The fourth-order valence-electron chi connectivity index (χ4n) is 1.60. The molecule has 3 nitrogen and oxygen atoms in total. The average Bonchev–Trinajstić information content (AvgIpc) is 2.54. The Bertz CT molecular complexity index is 384. The lowest BCUT2D eigenvalue weighted by molar-refractivity contribution is -0.120. The summed E-state index contributed by atoms with van der Waals surface area (Å²) >= 11 is 1.66. The summed E-state index contributed by atoms with van der Waals surface area (Å²) in [6.07, 6.45) is 1.04. The van der Waals surface area contributed by atoms with Gasteiger partial charge in [0.15, 0.2) is 12.4 Å². The van der Waals surface area contributed by atoms with E-state index in [4.69, 9.17) is 4.74 Å². The monoisotopic (exact) mass is 225 g/mol. The molecule has 2 heterocycles. The Morgan fingerprint density at radius 1 is 1.60 bits per heavy atom. The van der Waals surface area contributed by atoms with Crippen LogP contribution in [-0.2, 0) is 11.2 Å². The molecule has 0 radical (unpaired) electrons. The third-order valence-corrected chi connectivity index (χ3v) is 3.59. The predicted octanol–water partition coefficient (Wildman–Crippen LogP) is 2.30. The van der Waals surface area contributed by atoms with Crippen LogP contribution in [0.25, 0.3) is 0 Å². The topological polar surface area (TPSA) is 29.5 Å². The van der Waals surface area contributed by atoms with Gasteiger partial charge in [-0.25, -0.2) is 0 Å².